The summed E-state index contributed by atoms with van der Waals surface area (Å²) in [4.78, 5) is 10.8. The number of anilines is 1. The molecule has 11 heavy (non-hydrogen) atoms. The maximum atomic E-state index is 8.48. The Balaban J connectivity index is 3.30. The third-order valence-electron chi connectivity index (χ3n) is 1.06. The number of nitriles is 1. The molecule has 0 fully saturated rings. The van der Waals surface area contributed by atoms with Crippen molar-refractivity contribution in [1.29, 1.82) is 5.26 Å². The van der Waals surface area contributed by atoms with Gasteiger partial charge >= 0.3 is 0 Å². The molecule has 0 saturated heterocycles. The number of aliphatic imine (C=N–C) groups is 1. The van der Waals surface area contributed by atoms with Crippen LogP contribution < -0.4 is 5.73 Å². The standard InChI is InChI=1S/C6H5N5/c1-9-5-4(2-7)3-10-6(8)11-5/h3H,1H2,(H2,8,10,11). The number of hydrogen-bond acceptors (Lipinski definition) is 5. The fourth-order valence-electron chi connectivity index (χ4n) is 0.585. The smallest absolute Gasteiger partial charge is 0.222 e. The van der Waals surface area contributed by atoms with Gasteiger partial charge in [-0.05, 0) is 6.72 Å². The van der Waals surface area contributed by atoms with Gasteiger partial charge in [-0.25, -0.2) is 9.98 Å². The molecule has 1 heterocycles. The topological polar surface area (TPSA) is 87.9 Å². The molecule has 0 spiro atoms. The zero-order chi connectivity index (χ0) is 8.27. The van der Waals surface area contributed by atoms with Crippen LogP contribution >= 0.6 is 0 Å². The molecular weight excluding hydrogens is 142 g/mol. The molecule has 0 amide bonds. The van der Waals surface area contributed by atoms with Gasteiger partial charge in [0, 0.05) is 0 Å². The first-order valence-corrected chi connectivity index (χ1v) is 2.77. The average Bonchev–Trinajstić information content (AvgIpc) is 2.04. The van der Waals surface area contributed by atoms with Gasteiger partial charge in [0.2, 0.25) is 5.95 Å². The highest BCUT2D eigenvalue weighted by atomic mass is 15.0. The van der Waals surface area contributed by atoms with Crippen molar-refractivity contribution in [3.63, 3.8) is 0 Å². The van der Waals surface area contributed by atoms with Crippen LogP contribution in [0, 0.1) is 11.3 Å². The van der Waals surface area contributed by atoms with Crippen molar-refractivity contribution in [3.8, 4) is 6.07 Å². The van der Waals surface area contributed by atoms with Crippen LogP contribution in [0.25, 0.3) is 0 Å². The zero-order valence-corrected chi connectivity index (χ0v) is 5.65. The highest BCUT2D eigenvalue weighted by Gasteiger charge is 2.01. The molecule has 1 aromatic rings. The van der Waals surface area contributed by atoms with E-state index in [9.17, 15) is 0 Å². The Morgan fingerprint density at radius 1 is 1.73 bits per heavy atom. The Bertz CT molecular complexity index is 324. The Morgan fingerprint density at radius 2 is 2.45 bits per heavy atom. The van der Waals surface area contributed by atoms with Crippen molar-refractivity contribution in [2.24, 2.45) is 4.99 Å². The Hall–Kier alpha value is -1.96. The quantitative estimate of drug-likeness (QED) is 0.577. The third kappa shape index (κ3) is 1.30. The van der Waals surface area contributed by atoms with Crippen LogP contribution in [-0.4, -0.2) is 16.7 Å². The minimum atomic E-state index is 0.0893. The van der Waals surface area contributed by atoms with Crippen molar-refractivity contribution in [3.05, 3.63) is 11.8 Å². The predicted octanol–water partition coefficient (Wildman–Crippen LogP) is 0.263. The van der Waals surface area contributed by atoms with Crippen molar-refractivity contribution in [1.82, 2.24) is 9.97 Å². The summed E-state index contributed by atoms with van der Waals surface area (Å²) in [6.07, 6.45) is 1.31. The monoisotopic (exact) mass is 147 g/mol. The van der Waals surface area contributed by atoms with Crippen molar-refractivity contribution in [2.75, 3.05) is 5.73 Å². The van der Waals surface area contributed by atoms with Crippen LogP contribution in [0.4, 0.5) is 11.8 Å². The fraction of sp³-hybridized carbons (Fsp3) is 0. The van der Waals surface area contributed by atoms with E-state index in [1.807, 2.05) is 6.07 Å². The van der Waals surface area contributed by atoms with Crippen LogP contribution in [0.3, 0.4) is 0 Å². The summed E-state index contributed by atoms with van der Waals surface area (Å²) < 4.78 is 0. The predicted molar refractivity (Wildman–Crippen MR) is 40.4 cm³/mol. The molecule has 0 saturated carbocycles. The summed E-state index contributed by atoms with van der Waals surface area (Å²) in [5.74, 6) is 0.311. The molecule has 0 unspecified atom stereocenters. The van der Waals surface area contributed by atoms with E-state index in [0.717, 1.165) is 0 Å². The Kier molecular flexibility index (Phi) is 1.79. The maximum absolute atomic E-state index is 8.48. The number of nitrogen functional groups attached to an aromatic ring is 1. The average molecular weight is 147 g/mol. The minimum Gasteiger partial charge on any atom is -0.368 e. The van der Waals surface area contributed by atoms with Gasteiger partial charge in [0.25, 0.3) is 0 Å². The normalized spacial score (nSPS) is 8.64. The number of rotatable bonds is 1. The summed E-state index contributed by atoms with van der Waals surface area (Å²) in [7, 11) is 0. The van der Waals surface area contributed by atoms with Crippen molar-refractivity contribution in [2.45, 2.75) is 0 Å². The van der Waals surface area contributed by atoms with E-state index in [0.29, 0.717) is 0 Å². The van der Waals surface area contributed by atoms with E-state index in [4.69, 9.17) is 11.0 Å². The molecule has 0 aliphatic carbocycles. The SMILES string of the molecule is C=Nc1nc(N)ncc1C#N. The highest BCUT2D eigenvalue weighted by molar-refractivity contribution is 5.52. The van der Waals surface area contributed by atoms with Crippen molar-refractivity contribution >= 4 is 18.5 Å². The molecule has 1 rings (SSSR count). The molecule has 1 aromatic heterocycles. The van der Waals surface area contributed by atoms with E-state index < -0.39 is 0 Å². The fourth-order valence-corrected chi connectivity index (χ4v) is 0.585. The van der Waals surface area contributed by atoms with Gasteiger partial charge in [0.05, 0.1) is 6.20 Å². The molecule has 0 bridgehead atoms. The highest BCUT2D eigenvalue weighted by Crippen LogP contribution is 2.13. The van der Waals surface area contributed by atoms with Crippen LogP contribution in [0.5, 0.6) is 0 Å². The molecule has 0 atom stereocenters. The first-order valence-electron chi connectivity index (χ1n) is 2.77. The van der Waals surface area contributed by atoms with Crippen LogP contribution in [-0.2, 0) is 0 Å². The Morgan fingerprint density at radius 3 is 3.00 bits per heavy atom. The lowest BCUT2D eigenvalue weighted by molar-refractivity contribution is 1.15. The minimum absolute atomic E-state index is 0.0893. The summed E-state index contributed by atoms with van der Waals surface area (Å²) in [6.45, 7) is 3.23. The molecule has 2 N–H and O–H groups in total. The molecule has 5 nitrogen and oxygen atoms in total. The lowest BCUT2D eigenvalue weighted by atomic mass is 10.3. The van der Waals surface area contributed by atoms with Gasteiger partial charge < -0.3 is 5.73 Å². The number of nitrogens with two attached hydrogens (primary N) is 1. The second-order valence-electron chi connectivity index (χ2n) is 1.74. The van der Waals surface area contributed by atoms with Crippen LogP contribution in [0.2, 0.25) is 0 Å². The summed E-state index contributed by atoms with van der Waals surface area (Å²) >= 11 is 0. The molecule has 0 aromatic carbocycles. The summed E-state index contributed by atoms with van der Waals surface area (Å²) in [6, 6.07) is 1.86. The molecule has 0 aliphatic rings. The van der Waals surface area contributed by atoms with Crippen LogP contribution in [0.1, 0.15) is 5.56 Å². The van der Waals surface area contributed by atoms with Gasteiger partial charge in [-0.3, -0.25) is 0 Å². The molecule has 0 aliphatic heterocycles. The van der Waals surface area contributed by atoms with Crippen LogP contribution in [0.15, 0.2) is 11.2 Å². The van der Waals surface area contributed by atoms with E-state index in [2.05, 4.69) is 21.7 Å². The van der Waals surface area contributed by atoms with Gasteiger partial charge in [-0.15, -0.1) is 0 Å². The molecular formula is C6H5N5. The third-order valence-corrected chi connectivity index (χ3v) is 1.06. The van der Waals surface area contributed by atoms with Gasteiger partial charge in [-0.1, -0.05) is 0 Å². The van der Waals surface area contributed by atoms with Gasteiger partial charge in [0.15, 0.2) is 5.82 Å². The Labute approximate surface area is 63.2 Å². The molecule has 0 radical (unpaired) electrons. The summed E-state index contributed by atoms with van der Waals surface area (Å²) in [5, 5.41) is 8.48. The maximum Gasteiger partial charge on any atom is 0.222 e. The largest absolute Gasteiger partial charge is 0.368 e. The number of hydrogen-bond donors (Lipinski definition) is 1. The van der Waals surface area contributed by atoms with E-state index in [-0.39, 0.29) is 17.3 Å². The zero-order valence-electron chi connectivity index (χ0n) is 5.65. The lowest BCUT2D eigenvalue weighted by Crippen LogP contribution is -1.94. The van der Waals surface area contributed by atoms with E-state index in [1.54, 1.807) is 0 Å². The lowest BCUT2D eigenvalue weighted by Gasteiger charge is -1.94. The second kappa shape index (κ2) is 2.75. The van der Waals surface area contributed by atoms with Crippen molar-refractivity contribution < 1.29 is 0 Å². The number of aromatic nitrogens is 2. The van der Waals surface area contributed by atoms with Gasteiger partial charge in [-0.2, -0.15) is 10.2 Å². The van der Waals surface area contributed by atoms with Gasteiger partial charge in [0.1, 0.15) is 11.6 Å². The first kappa shape index (κ1) is 7.15. The molecule has 54 valence electrons. The van der Waals surface area contributed by atoms with E-state index >= 15 is 0 Å². The second-order valence-corrected chi connectivity index (χ2v) is 1.74. The summed E-state index contributed by atoms with van der Waals surface area (Å²) in [5.41, 5.74) is 5.51. The number of nitrogens with zero attached hydrogens (tertiary/aromatic N) is 4. The van der Waals surface area contributed by atoms with E-state index in [1.165, 1.54) is 6.20 Å². The first-order chi connectivity index (χ1) is 5.27. The molecule has 5 heteroatoms.